The van der Waals surface area contributed by atoms with Gasteiger partial charge < -0.3 is 15.2 Å². The summed E-state index contributed by atoms with van der Waals surface area (Å²) in [5.41, 5.74) is 6.39. The van der Waals surface area contributed by atoms with Gasteiger partial charge in [0.15, 0.2) is 0 Å². The van der Waals surface area contributed by atoms with E-state index in [2.05, 4.69) is 15.1 Å². The van der Waals surface area contributed by atoms with E-state index in [0.717, 1.165) is 12.8 Å². The van der Waals surface area contributed by atoms with Gasteiger partial charge in [0.05, 0.1) is 0 Å². The smallest absolute Gasteiger partial charge is 0.230 e. The molecule has 1 aliphatic rings. The van der Waals surface area contributed by atoms with Crippen LogP contribution in [0.1, 0.15) is 38.0 Å². The molecule has 0 spiro atoms. The highest BCUT2D eigenvalue weighted by Gasteiger charge is 2.27. The van der Waals surface area contributed by atoms with Gasteiger partial charge in [0, 0.05) is 37.7 Å². The number of piperidine rings is 1. The lowest BCUT2D eigenvalue weighted by atomic mass is 9.96. The van der Waals surface area contributed by atoms with Crippen LogP contribution in [-0.4, -0.2) is 45.1 Å². The average molecular weight is 315 g/mol. The Labute approximate surface area is 134 Å². The minimum atomic E-state index is -0.0999. The molecule has 0 bridgehead atoms. The van der Waals surface area contributed by atoms with Crippen LogP contribution in [0.25, 0.3) is 11.5 Å². The van der Waals surface area contributed by atoms with Crippen molar-refractivity contribution in [3.05, 3.63) is 30.3 Å². The second kappa shape index (κ2) is 6.87. The second-order valence-corrected chi connectivity index (χ2v) is 6.01. The van der Waals surface area contributed by atoms with Gasteiger partial charge in [-0.1, -0.05) is 11.2 Å². The number of hydrogen-bond donors (Lipinski definition) is 1. The summed E-state index contributed by atoms with van der Waals surface area (Å²) in [4.78, 5) is 22.6. The summed E-state index contributed by atoms with van der Waals surface area (Å²) < 4.78 is 5.39. The molecule has 1 aliphatic heterocycles. The summed E-state index contributed by atoms with van der Waals surface area (Å²) in [7, 11) is 0. The summed E-state index contributed by atoms with van der Waals surface area (Å²) >= 11 is 0. The number of amides is 1. The van der Waals surface area contributed by atoms with Crippen molar-refractivity contribution in [2.24, 2.45) is 5.73 Å². The molecule has 2 N–H and O–H groups in total. The first kappa shape index (κ1) is 15.6. The van der Waals surface area contributed by atoms with Gasteiger partial charge in [-0.2, -0.15) is 4.98 Å². The van der Waals surface area contributed by atoms with Crippen LogP contribution in [0.3, 0.4) is 0 Å². The van der Waals surface area contributed by atoms with E-state index < -0.39 is 0 Å². The number of nitrogens with two attached hydrogens (primary N) is 1. The molecule has 1 unspecified atom stereocenters. The van der Waals surface area contributed by atoms with Crippen LogP contribution in [0.5, 0.6) is 0 Å². The van der Waals surface area contributed by atoms with E-state index in [9.17, 15) is 4.79 Å². The molecule has 3 heterocycles. The number of carbonyl (C=O) groups excluding carboxylic acids is 1. The zero-order chi connectivity index (χ0) is 16.2. The molecule has 1 atom stereocenters. The monoisotopic (exact) mass is 315 g/mol. The molecule has 122 valence electrons. The van der Waals surface area contributed by atoms with Crippen molar-refractivity contribution >= 4 is 5.91 Å². The van der Waals surface area contributed by atoms with E-state index in [1.54, 1.807) is 6.20 Å². The van der Waals surface area contributed by atoms with Gasteiger partial charge in [0.1, 0.15) is 5.69 Å². The Bertz CT molecular complexity index is 648. The second-order valence-electron chi connectivity index (χ2n) is 6.01. The SMILES string of the molecule is CC(N)CC(=O)N1CCC(c2nc(-c3ccccn3)no2)CC1. The molecule has 7 heteroatoms. The Balaban J connectivity index is 1.60. The molecular weight excluding hydrogens is 294 g/mol. The largest absolute Gasteiger partial charge is 0.343 e. The Morgan fingerprint density at radius 1 is 1.43 bits per heavy atom. The van der Waals surface area contributed by atoms with Crippen LogP contribution in [0, 0.1) is 0 Å². The van der Waals surface area contributed by atoms with Gasteiger partial charge in [-0.15, -0.1) is 0 Å². The Morgan fingerprint density at radius 2 is 2.22 bits per heavy atom. The van der Waals surface area contributed by atoms with Crippen molar-refractivity contribution in [1.82, 2.24) is 20.0 Å². The first-order chi connectivity index (χ1) is 11.1. The third-order valence-electron chi connectivity index (χ3n) is 4.03. The molecule has 3 rings (SSSR count). The van der Waals surface area contributed by atoms with Crippen molar-refractivity contribution in [3.63, 3.8) is 0 Å². The predicted octanol–water partition coefficient (Wildman–Crippen LogP) is 1.57. The summed E-state index contributed by atoms with van der Waals surface area (Å²) in [5, 5.41) is 4.01. The molecular formula is C16H21N5O2. The standard InChI is InChI=1S/C16H21N5O2/c1-11(17)10-14(22)21-8-5-12(6-9-21)16-19-15(20-23-16)13-4-2-3-7-18-13/h2-4,7,11-12H,5-6,8-10,17H2,1H3. The van der Waals surface area contributed by atoms with Crippen LogP contribution in [0.4, 0.5) is 0 Å². The lowest BCUT2D eigenvalue weighted by molar-refractivity contribution is -0.132. The lowest BCUT2D eigenvalue weighted by Crippen LogP contribution is -2.40. The summed E-state index contributed by atoms with van der Waals surface area (Å²) in [5.74, 6) is 1.46. The molecule has 2 aromatic rings. The van der Waals surface area contributed by atoms with Crippen LogP contribution >= 0.6 is 0 Å². The Morgan fingerprint density at radius 3 is 2.87 bits per heavy atom. The summed E-state index contributed by atoms with van der Waals surface area (Å²) in [6, 6.07) is 5.49. The van der Waals surface area contributed by atoms with Crippen molar-refractivity contribution in [3.8, 4) is 11.5 Å². The third kappa shape index (κ3) is 3.73. The maximum absolute atomic E-state index is 12.0. The van der Waals surface area contributed by atoms with Gasteiger partial charge in [0.2, 0.25) is 17.6 Å². The van der Waals surface area contributed by atoms with Crippen molar-refractivity contribution in [1.29, 1.82) is 0 Å². The van der Waals surface area contributed by atoms with Gasteiger partial charge in [0.25, 0.3) is 0 Å². The molecule has 1 saturated heterocycles. The molecule has 2 aromatic heterocycles. The minimum absolute atomic E-state index is 0.0999. The van der Waals surface area contributed by atoms with Crippen LogP contribution in [0.15, 0.2) is 28.9 Å². The normalized spacial score (nSPS) is 17.2. The predicted molar refractivity (Wildman–Crippen MR) is 84.4 cm³/mol. The van der Waals surface area contributed by atoms with Crippen LogP contribution < -0.4 is 5.73 Å². The van der Waals surface area contributed by atoms with E-state index in [0.29, 0.717) is 36.9 Å². The molecule has 23 heavy (non-hydrogen) atoms. The fourth-order valence-electron chi connectivity index (χ4n) is 2.78. The number of nitrogens with zero attached hydrogens (tertiary/aromatic N) is 4. The highest BCUT2D eigenvalue weighted by molar-refractivity contribution is 5.76. The average Bonchev–Trinajstić information content (AvgIpc) is 3.05. The van der Waals surface area contributed by atoms with E-state index in [1.807, 2.05) is 30.0 Å². The number of hydrogen-bond acceptors (Lipinski definition) is 6. The molecule has 1 amide bonds. The minimum Gasteiger partial charge on any atom is -0.343 e. The van der Waals surface area contributed by atoms with Crippen molar-refractivity contribution in [2.45, 2.75) is 38.1 Å². The first-order valence-electron chi connectivity index (χ1n) is 7.92. The van der Waals surface area contributed by atoms with E-state index >= 15 is 0 Å². The molecule has 0 aliphatic carbocycles. The molecule has 0 saturated carbocycles. The maximum atomic E-state index is 12.0. The number of rotatable bonds is 4. The molecule has 1 fully saturated rings. The molecule has 0 aromatic carbocycles. The lowest BCUT2D eigenvalue weighted by Gasteiger charge is -2.30. The topological polar surface area (TPSA) is 98.1 Å². The zero-order valence-corrected chi connectivity index (χ0v) is 13.2. The van der Waals surface area contributed by atoms with E-state index in [1.165, 1.54) is 0 Å². The van der Waals surface area contributed by atoms with Crippen molar-refractivity contribution < 1.29 is 9.32 Å². The maximum Gasteiger partial charge on any atom is 0.230 e. The molecule has 7 nitrogen and oxygen atoms in total. The van der Waals surface area contributed by atoms with Gasteiger partial charge in [-0.25, -0.2) is 0 Å². The Hall–Kier alpha value is -2.28. The summed E-state index contributed by atoms with van der Waals surface area (Å²) in [6.07, 6.45) is 3.76. The third-order valence-corrected chi connectivity index (χ3v) is 4.03. The van der Waals surface area contributed by atoms with Crippen LogP contribution in [-0.2, 0) is 4.79 Å². The van der Waals surface area contributed by atoms with E-state index in [-0.39, 0.29) is 17.9 Å². The highest BCUT2D eigenvalue weighted by atomic mass is 16.5. The number of carbonyl (C=O) groups is 1. The molecule has 0 radical (unpaired) electrons. The fourth-order valence-corrected chi connectivity index (χ4v) is 2.78. The highest BCUT2D eigenvalue weighted by Crippen LogP contribution is 2.28. The number of likely N-dealkylation sites (tertiary alicyclic amines) is 1. The fraction of sp³-hybridized carbons (Fsp3) is 0.500. The van der Waals surface area contributed by atoms with Crippen LogP contribution in [0.2, 0.25) is 0 Å². The van der Waals surface area contributed by atoms with Gasteiger partial charge >= 0.3 is 0 Å². The Kier molecular flexibility index (Phi) is 4.66. The van der Waals surface area contributed by atoms with Gasteiger partial charge in [-0.05, 0) is 31.9 Å². The summed E-state index contributed by atoms with van der Waals surface area (Å²) in [6.45, 7) is 3.26. The van der Waals surface area contributed by atoms with E-state index in [4.69, 9.17) is 10.3 Å². The van der Waals surface area contributed by atoms with Crippen molar-refractivity contribution in [2.75, 3.05) is 13.1 Å². The quantitative estimate of drug-likeness (QED) is 0.919. The van der Waals surface area contributed by atoms with Gasteiger partial charge in [-0.3, -0.25) is 9.78 Å². The number of aromatic nitrogens is 3. The first-order valence-corrected chi connectivity index (χ1v) is 7.92. The number of pyridine rings is 1. The zero-order valence-electron chi connectivity index (χ0n) is 13.2.